The number of carbonyl (C=O) groups excluding carboxylic acids is 1. The zero-order chi connectivity index (χ0) is 19.8. The Morgan fingerprint density at radius 3 is 2.86 bits per heavy atom. The molecular formula is C21H19N5O2S. The maximum absolute atomic E-state index is 13.3. The average Bonchev–Trinajstić information content (AvgIpc) is 3.40. The highest BCUT2D eigenvalue weighted by molar-refractivity contribution is 7.18. The number of rotatable bonds is 3. The molecule has 1 amide bonds. The van der Waals surface area contributed by atoms with Crippen LogP contribution in [0.4, 0.5) is 0 Å². The van der Waals surface area contributed by atoms with E-state index in [2.05, 4.69) is 15.2 Å². The van der Waals surface area contributed by atoms with Gasteiger partial charge in [0, 0.05) is 36.4 Å². The van der Waals surface area contributed by atoms with Gasteiger partial charge in [0.15, 0.2) is 0 Å². The number of fused-ring (bicyclic) bond motifs is 1. The second-order valence-corrected chi connectivity index (χ2v) is 7.91. The average molecular weight is 405 g/mol. The van der Waals surface area contributed by atoms with Crippen LogP contribution in [0.1, 0.15) is 16.1 Å². The Kier molecular flexibility index (Phi) is 4.57. The Labute approximate surface area is 171 Å². The van der Waals surface area contributed by atoms with E-state index < -0.39 is 0 Å². The fourth-order valence-electron chi connectivity index (χ4n) is 3.53. The standard InChI is InChI=1S/C21H19N5O2S/c1-13-4-2-6-15-16(13)24-25-17(15)20-23-18(21(27)26-8-10-28-11-9-26)19(29-20)14-5-3-7-22-12-14/h2-7,12H,8-11H2,1H3,(H,24,25). The van der Waals surface area contributed by atoms with Crippen LogP contribution in [0, 0.1) is 6.92 Å². The van der Waals surface area contributed by atoms with E-state index in [1.807, 2.05) is 37.3 Å². The van der Waals surface area contributed by atoms with Crippen molar-refractivity contribution in [1.29, 1.82) is 0 Å². The van der Waals surface area contributed by atoms with Crippen LogP contribution in [0.5, 0.6) is 0 Å². The maximum atomic E-state index is 13.3. The summed E-state index contributed by atoms with van der Waals surface area (Å²) in [7, 11) is 0. The van der Waals surface area contributed by atoms with Gasteiger partial charge in [0.25, 0.3) is 5.91 Å². The molecule has 4 aromatic rings. The molecule has 5 rings (SSSR count). The molecule has 0 unspecified atom stereocenters. The summed E-state index contributed by atoms with van der Waals surface area (Å²) >= 11 is 1.48. The van der Waals surface area contributed by atoms with Crippen molar-refractivity contribution < 1.29 is 9.53 Å². The first-order valence-electron chi connectivity index (χ1n) is 9.44. The van der Waals surface area contributed by atoms with Crippen LogP contribution < -0.4 is 0 Å². The molecule has 7 nitrogen and oxygen atoms in total. The predicted octanol–water partition coefficient (Wildman–Crippen LogP) is 3.53. The third kappa shape index (κ3) is 3.20. The number of aryl methyl sites for hydroxylation is 1. The Morgan fingerprint density at radius 1 is 1.21 bits per heavy atom. The number of nitrogens with one attached hydrogen (secondary N) is 1. The van der Waals surface area contributed by atoms with Gasteiger partial charge in [-0.3, -0.25) is 14.9 Å². The third-order valence-electron chi connectivity index (χ3n) is 5.05. The molecule has 29 heavy (non-hydrogen) atoms. The lowest BCUT2D eigenvalue weighted by atomic mass is 10.1. The third-order valence-corrected chi connectivity index (χ3v) is 6.17. The van der Waals surface area contributed by atoms with Crippen molar-refractivity contribution in [1.82, 2.24) is 25.1 Å². The summed E-state index contributed by atoms with van der Waals surface area (Å²) in [6, 6.07) is 9.88. The Hall–Kier alpha value is -3.10. The summed E-state index contributed by atoms with van der Waals surface area (Å²) in [5, 5.41) is 9.32. The number of H-pyrrole nitrogens is 1. The number of thiazole rings is 1. The highest BCUT2D eigenvalue weighted by Gasteiger charge is 2.27. The van der Waals surface area contributed by atoms with Gasteiger partial charge in [0.05, 0.1) is 23.6 Å². The first-order chi connectivity index (χ1) is 14.2. The van der Waals surface area contributed by atoms with Gasteiger partial charge < -0.3 is 9.64 Å². The van der Waals surface area contributed by atoms with Gasteiger partial charge in [-0.05, 0) is 18.6 Å². The molecule has 1 N–H and O–H groups in total. The second-order valence-electron chi connectivity index (χ2n) is 6.91. The van der Waals surface area contributed by atoms with E-state index >= 15 is 0 Å². The molecule has 1 aliphatic rings. The number of carbonyl (C=O) groups is 1. The zero-order valence-electron chi connectivity index (χ0n) is 15.9. The first-order valence-corrected chi connectivity index (χ1v) is 10.3. The van der Waals surface area contributed by atoms with Crippen LogP contribution in [0.15, 0.2) is 42.7 Å². The summed E-state index contributed by atoms with van der Waals surface area (Å²) in [5.41, 5.74) is 4.18. The molecule has 0 saturated carbocycles. The number of pyridine rings is 1. The monoisotopic (exact) mass is 405 g/mol. The molecular weight excluding hydrogens is 386 g/mol. The largest absolute Gasteiger partial charge is 0.378 e. The van der Waals surface area contributed by atoms with E-state index in [0.29, 0.717) is 32.0 Å². The predicted molar refractivity (Wildman–Crippen MR) is 112 cm³/mol. The lowest BCUT2D eigenvalue weighted by molar-refractivity contribution is 0.0300. The lowest BCUT2D eigenvalue weighted by Gasteiger charge is -2.26. The van der Waals surface area contributed by atoms with Crippen molar-refractivity contribution in [2.75, 3.05) is 26.3 Å². The van der Waals surface area contributed by atoms with Gasteiger partial charge in [-0.25, -0.2) is 4.98 Å². The molecule has 1 aromatic carbocycles. The molecule has 0 bridgehead atoms. The van der Waals surface area contributed by atoms with Crippen LogP contribution in [-0.2, 0) is 4.74 Å². The quantitative estimate of drug-likeness (QED) is 0.564. The van der Waals surface area contributed by atoms with Crippen molar-refractivity contribution in [3.8, 4) is 21.1 Å². The summed E-state index contributed by atoms with van der Waals surface area (Å²) in [6.45, 7) is 4.28. The van der Waals surface area contributed by atoms with E-state index in [0.717, 1.165) is 37.6 Å². The van der Waals surface area contributed by atoms with Gasteiger partial charge in [-0.2, -0.15) is 5.10 Å². The maximum Gasteiger partial charge on any atom is 0.274 e. The molecule has 0 spiro atoms. The van der Waals surface area contributed by atoms with Crippen LogP contribution in [-0.4, -0.2) is 57.3 Å². The first kappa shape index (κ1) is 18.0. The fraction of sp³-hybridized carbons (Fsp3) is 0.238. The molecule has 0 aliphatic carbocycles. The second kappa shape index (κ2) is 7.38. The summed E-state index contributed by atoms with van der Waals surface area (Å²) < 4.78 is 5.39. The molecule has 1 aliphatic heterocycles. The molecule has 0 radical (unpaired) electrons. The minimum absolute atomic E-state index is 0.0744. The van der Waals surface area contributed by atoms with Crippen molar-refractivity contribution >= 4 is 28.1 Å². The molecule has 4 heterocycles. The van der Waals surface area contributed by atoms with Crippen LogP contribution in [0.3, 0.4) is 0 Å². The number of aromatic amines is 1. The smallest absolute Gasteiger partial charge is 0.274 e. The van der Waals surface area contributed by atoms with E-state index in [4.69, 9.17) is 9.72 Å². The van der Waals surface area contributed by atoms with Crippen LogP contribution in [0.25, 0.3) is 32.0 Å². The summed E-state index contributed by atoms with van der Waals surface area (Å²) in [4.78, 5) is 24.9. The lowest BCUT2D eigenvalue weighted by Crippen LogP contribution is -2.41. The topological polar surface area (TPSA) is 84.0 Å². The number of para-hydroxylation sites is 1. The minimum Gasteiger partial charge on any atom is -0.378 e. The van der Waals surface area contributed by atoms with Gasteiger partial charge in [0.2, 0.25) is 0 Å². The molecule has 146 valence electrons. The van der Waals surface area contributed by atoms with Gasteiger partial charge in [0.1, 0.15) is 16.4 Å². The summed E-state index contributed by atoms with van der Waals surface area (Å²) in [6.07, 6.45) is 3.49. The molecule has 1 fully saturated rings. The van der Waals surface area contributed by atoms with Crippen LogP contribution in [0.2, 0.25) is 0 Å². The number of aromatic nitrogens is 4. The number of ether oxygens (including phenoxy) is 1. The van der Waals surface area contributed by atoms with Gasteiger partial charge in [-0.1, -0.05) is 24.3 Å². The fourth-order valence-corrected chi connectivity index (χ4v) is 4.58. The molecule has 3 aromatic heterocycles. The van der Waals surface area contributed by atoms with Gasteiger partial charge in [-0.15, -0.1) is 11.3 Å². The molecule has 8 heteroatoms. The van der Waals surface area contributed by atoms with Crippen molar-refractivity contribution in [3.05, 3.63) is 54.0 Å². The molecule has 0 atom stereocenters. The van der Waals surface area contributed by atoms with Gasteiger partial charge >= 0.3 is 0 Å². The van der Waals surface area contributed by atoms with E-state index in [1.165, 1.54) is 11.3 Å². The highest BCUT2D eigenvalue weighted by atomic mass is 32.1. The van der Waals surface area contributed by atoms with E-state index in [9.17, 15) is 4.79 Å². The highest BCUT2D eigenvalue weighted by Crippen LogP contribution is 2.38. The van der Waals surface area contributed by atoms with Crippen molar-refractivity contribution in [3.63, 3.8) is 0 Å². The van der Waals surface area contributed by atoms with E-state index in [1.54, 1.807) is 17.3 Å². The Morgan fingerprint density at radius 2 is 2.07 bits per heavy atom. The zero-order valence-corrected chi connectivity index (χ0v) is 16.7. The number of benzene rings is 1. The molecule has 1 saturated heterocycles. The number of amides is 1. The van der Waals surface area contributed by atoms with Crippen molar-refractivity contribution in [2.45, 2.75) is 6.92 Å². The Balaban J connectivity index is 1.64. The number of nitrogens with zero attached hydrogens (tertiary/aromatic N) is 4. The number of hydrogen-bond donors (Lipinski definition) is 1. The summed E-state index contributed by atoms with van der Waals surface area (Å²) in [5.74, 6) is -0.0744. The number of morpholine rings is 1. The Bertz CT molecular complexity index is 1180. The SMILES string of the molecule is Cc1cccc2c(-c3nc(C(=O)N4CCOCC4)c(-c4cccnc4)s3)[nH]nc12. The van der Waals surface area contributed by atoms with E-state index in [-0.39, 0.29) is 5.91 Å². The minimum atomic E-state index is -0.0744. The van der Waals surface area contributed by atoms with Crippen LogP contribution >= 0.6 is 11.3 Å². The number of hydrogen-bond acceptors (Lipinski definition) is 6. The normalized spacial score (nSPS) is 14.4. The van der Waals surface area contributed by atoms with Crippen molar-refractivity contribution in [2.24, 2.45) is 0 Å².